The average Bonchev–Trinajstić information content (AvgIpc) is 2.34. The Bertz CT molecular complexity index is 584. The van der Waals surface area contributed by atoms with Crippen molar-refractivity contribution in [3.8, 4) is 11.8 Å². The molecule has 1 heterocycles. The SMILES string of the molecule is Cc1cnc(Oc2ccc(I)cc2C(=O)O)nc1. The molecule has 6 heteroatoms. The number of carboxylic acids is 1. The van der Waals surface area contributed by atoms with Crippen LogP contribution in [0.4, 0.5) is 0 Å². The van der Waals surface area contributed by atoms with Crippen molar-refractivity contribution < 1.29 is 14.6 Å². The minimum absolute atomic E-state index is 0.0890. The van der Waals surface area contributed by atoms with E-state index in [1.165, 1.54) is 6.07 Å². The van der Waals surface area contributed by atoms with Gasteiger partial charge in [0.15, 0.2) is 0 Å². The van der Waals surface area contributed by atoms with Crippen molar-refractivity contribution in [2.24, 2.45) is 0 Å². The van der Waals surface area contributed by atoms with Crippen LogP contribution in [-0.4, -0.2) is 21.0 Å². The average molecular weight is 356 g/mol. The molecule has 1 aromatic heterocycles. The molecule has 2 aromatic rings. The van der Waals surface area contributed by atoms with Crippen LogP contribution in [0.3, 0.4) is 0 Å². The van der Waals surface area contributed by atoms with Gasteiger partial charge in [0.2, 0.25) is 0 Å². The number of aryl methyl sites for hydroxylation is 1. The Labute approximate surface area is 117 Å². The van der Waals surface area contributed by atoms with Gasteiger partial charge in [0.1, 0.15) is 11.3 Å². The second kappa shape index (κ2) is 5.30. The summed E-state index contributed by atoms with van der Waals surface area (Å²) in [7, 11) is 0. The molecule has 0 aliphatic carbocycles. The Morgan fingerprint density at radius 1 is 1.33 bits per heavy atom. The smallest absolute Gasteiger partial charge is 0.339 e. The van der Waals surface area contributed by atoms with Crippen molar-refractivity contribution in [1.82, 2.24) is 9.97 Å². The van der Waals surface area contributed by atoms with Crippen LogP contribution >= 0.6 is 22.6 Å². The van der Waals surface area contributed by atoms with Crippen molar-refractivity contribution in [1.29, 1.82) is 0 Å². The summed E-state index contributed by atoms with van der Waals surface area (Å²) in [6.07, 6.45) is 3.21. The van der Waals surface area contributed by atoms with Gasteiger partial charge < -0.3 is 9.84 Å². The van der Waals surface area contributed by atoms with E-state index < -0.39 is 5.97 Å². The van der Waals surface area contributed by atoms with Gasteiger partial charge in [-0.15, -0.1) is 0 Å². The predicted molar refractivity (Wildman–Crippen MR) is 73.0 cm³/mol. The molecule has 0 bridgehead atoms. The number of aromatic carboxylic acids is 1. The van der Waals surface area contributed by atoms with Crippen molar-refractivity contribution >= 4 is 28.6 Å². The molecule has 0 aliphatic rings. The van der Waals surface area contributed by atoms with Crippen molar-refractivity contribution in [2.75, 3.05) is 0 Å². The standard InChI is InChI=1S/C12H9IN2O3/c1-7-5-14-12(15-6-7)18-10-3-2-8(13)4-9(10)11(16)17/h2-6H,1H3,(H,16,17). The zero-order valence-electron chi connectivity index (χ0n) is 9.42. The van der Waals surface area contributed by atoms with Crippen LogP contribution in [-0.2, 0) is 0 Å². The summed E-state index contributed by atoms with van der Waals surface area (Å²) in [5.41, 5.74) is 0.995. The molecule has 0 amide bonds. The molecule has 2 rings (SSSR count). The van der Waals surface area contributed by atoms with Crippen LogP contribution < -0.4 is 4.74 Å². The van der Waals surface area contributed by atoms with Gasteiger partial charge in [0, 0.05) is 16.0 Å². The van der Waals surface area contributed by atoms with Gasteiger partial charge >= 0.3 is 12.0 Å². The first kappa shape index (κ1) is 12.7. The van der Waals surface area contributed by atoms with E-state index in [0.717, 1.165) is 9.13 Å². The fraction of sp³-hybridized carbons (Fsp3) is 0.0833. The summed E-state index contributed by atoms with van der Waals surface area (Å²) in [5.74, 6) is -0.817. The monoisotopic (exact) mass is 356 g/mol. The third kappa shape index (κ3) is 2.95. The van der Waals surface area contributed by atoms with Gasteiger partial charge in [-0.2, -0.15) is 0 Å². The Morgan fingerprint density at radius 2 is 2.00 bits per heavy atom. The second-order valence-corrected chi connectivity index (χ2v) is 4.84. The van der Waals surface area contributed by atoms with Crippen LogP contribution in [0.1, 0.15) is 15.9 Å². The van der Waals surface area contributed by atoms with Crippen LogP contribution in [0.2, 0.25) is 0 Å². The second-order valence-electron chi connectivity index (χ2n) is 3.59. The fourth-order valence-corrected chi connectivity index (χ4v) is 1.78. The van der Waals surface area contributed by atoms with E-state index in [9.17, 15) is 4.79 Å². The number of halogens is 1. The highest BCUT2D eigenvalue weighted by atomic mass is 127. The van der Waals surface area contributed by atoms with Crippen molar-refractivity contribution in [2.45, 2.75) is 6.92 Å². The normalized spacial score (nSPS) is 10.1. The molecule has 5 nitrogen and oxygen atoms in total. The zero-order chi connectivity index (χ0) is 13.1. The van der Waals surface area contributed by atoms with E-state index in [2.05, 4.69) is 9.97 Å². The maximum atomic E-state index is 11.1. The third-order valence-electron chi connectivity index (χ3n) is 2.13. The van der Waals surface area contributed by atoms with Gasteiger partial charge in [-0.3, -0.25) is 0 Å². The molecule has 0 atom stereocenters. The summed E-state index contributed by atoms with van der Waals surface area (Å²) >= 11 is 2.04. The third-order valence-corrected chi connectivity index (χ3v) is 2.80. The molecule has 1 aromatic carbocycles. The molecule has 92 valence electrons. The highest BCUT2D eigenvalue weighted by molar-refractivity contribution is 14.1. The molecule has 0 saturated heterocycles. The largest absolute Gasteiger partial charge is 0.478 e. The summed E-state index contributed by atoms with van der Waals surface area (Å²) in [6.45, 7) is 1.86. The number of hydrogen-bond acceptors (Lipinski definition) is 4. The molecular weight excluding hydrogens is 347 g/mol. The number of ether oxygens (including phenoxy) is 1. The lowest BCUT2D eigenvalue weighted by Crippen LogP contribution is -2.02. The summed E-state index contributed by atoms with van der Waals surface area (Å²) in [4.78, 5) is 19.0. The van der Waals surface area contributed by atoms with E-state index >= 15 is 0 Å². The van der Waals surface area contributed by atoms with Crippen LogP contribution in [0.25, 0.3) is 0 Å². The molecule has 0 fully saturated rings. The molecule has 0 saturated carbocycles. The minimum atomic E-state index is -1.05. The Kier molecular flexibility index (Phi) is 3.75. The number of benzene rings is 1. The minimum Gasteiger partial charge on any atom is -0.478 e. The fourth-order valence-electron chi connectivity index (χ4n) is 1.29. The number of aromatic nitrogens is 2. The molecule has 0 spiro atoms. The highest BCUT2D eigenvalue weighted by Gasteiger charge is 2.13. The number of hydrogen-bond donors (Lipinski definition) is 1. The Morgan fingerprint density at radius 3 is 2.61 bits per heavy atom. The molecule has 18 heavy (non-hydrogen) atoms. The first-order valence-electron chi connectivity index (χ1n) is 5.05. The van der Waals surface area contributed by atoms with E-state index in [0.29, 0.717) is 0 Å². The molecule has 0 unspecified atom stereocenters. The lowest BCUT2D eigenvalue weighted by molar-refractivity contribution is 0.0694. The lowest BCUT2D eigenvalue weighted by atomic mass is 10.2. The first-order valence-corrected chi connectivity index (χ1v) is 6.13. The number of nitrogens with zero attached hydrogens (tertiary/aromatic N) is 2. The highest BCUT2D eigenvalue weighted by Crippen LogP contribution is 2.24. The quantitative estimate of drug-likeness (QED) is 0.857. The van der Waals surface area contributed by atoms with E-state index in [1.807, 2.05) is 29.5 Å². The Balaban J connectivity index is 2.34. The first-order chi connectivity index (χ1) is 8.56. The van der Waals surface area contributed by atoms with E-state index in [1.54, 1.807) is 24.5 Å². The van der Waals surface area contributed by atoms with Crippen molar-refractivity contribution in [3.63, 3.8) is 0 Å². The molecule has 0 aliphatic heterocycles. The van der Waals surface area contributed by atoms with Gasteiger partial charge in [0.25, 0.3) is 0 Å². The van der Waals surface area contributed by atoms with E-state index in [-0.39, 0.29) is 17.3 Å². The van der Waals surface area contributed by atoms with Crippen LogP contribution in [0, 0.1) is 10.5 Å². The van der Waals surface area contributed by atoms with Crippen LogP contribution in [0.5, 0.6) is 11.8 Å². The van der Waals surface area contributed by atoms with Crippen LogP contribution in [0.15, 0.2) is 30.6 Å². The summed E-state index contributed by atoms with van der Waals surface area (Å²) in [5, 5.41) is 9.09. The van der Waals surface area contributed by atoms with E-state index in [4.69, 9.17) is 9.84 Å². The van der Waals surface area contributed by atoms with Gasteiger partial charge in [-0.25, -0.2) is 14.8 Å². The molecule has 0 radical (unpaired) electrons. The maximum Gasteiger partial charge on any atom is 0.339 e. The number of carbonyl (C=O) groups is 1. The predicted octanol–water partition coefficient (Wildman–Crippen LogP) is 2.88. The maximum absolute atomic E-state index is 11.1. The Hall–Kier alpha value is -1.70. The summed E-state index contributed by atoms with van der Waals surface area (Å²) < 4.78 is 6.20. The molecule has 1 N–H and O–H groups in total. The topological polar surface area (TPSA) is 72.3 Å². The number of carboxylic acid groups (broad SMARTS) is 1. The van der Waals surface area contributed by atoms with Gasteiger partial charge in [-0.05, 0) is 53.3 Å². The van der Waals surface area contributed by atoms with Crippen molar-refractivity contribution in [3.05, 3.63) is 45.3 Å². The zero-order valence-corrected chi connectivity index (χ0v) is 11.6. The molecular formula is C12H9IN2O3. The lowest BCUT2D eigenvalue weighted by Gasteiger charge is -2.07. The van der Waals surface area contributed by atoms with Gasteiger partial charge in [0.05, 0.1) is 0 Å². The summed E-state index contributed by atoms with van der Waals surface area (Å²) in [6, 6.07) is 5.02. The van der Waals surface area contributed by atoms with Gasteiger partial charge in [-0.1, -0.05) is 0 Å². The number of rotatable bonds is 3.